The van der Waals surface area contributed by atoms with Crippen LogP contribution in [0.2, 0.25) is 5.02 Å². The van der Waals surface area contributed by atoms with Gasteiger partial charge in [-0.05, 0) is 48.2 Å². The van der Waals surface area contributed by atoms with Gasteiger partial charge in [0.05, 0.1) is 22.3 Å². The Labute approximate surface area is 166 Å². The highest BCUT2D eigenvalue weighted by atomic mass is 35.5. The molecule has 1 heterocycles. The summed E-state index contributed by atoms with van der Waals surface area (Å²) in [6.45, 7) is 4.30. The molecule has 0 aliphatic heterocycles. The molecule has 0 aliphatic rings. The molecule has 0 fully saturated rings. The van der Waals surface area contributed by atoms with Crippen molar-refractivity contribution in [2.75, 3.05) is 5.75 Å². The van der Waals surface area contributed by atoms with Crippen molar-refractivity contribution >= 4 is 40.2 Å². The highest BCUT2D eigenvalue weighted by Crippen LogP contribution is 2.25. The molecule has 0 unspecified atom stereocenters. The Morgan fingerprint density at radius 1 is 1.26 bits per heavy atom. The molecule has 1 amide bonds. The van der Waals surface area contributed by atoms with Gasteiger partial charge in [-0.2, -0.15) is 0 Å². The van der Waals surface area contributed by atoms with E-state index in [1.807, 2.05) is 24.3 Å². The summed E-state index contributed by atoms with van der Waals surface area (Å²) in [5.74, 6) is 0.00775. The molecule has 3 aromatic rings. The van der Waals surface area contributed by atoms with Gasteiger partial charge in [0.2, 0.25) is 5.91 Å². The average Bonchev–Trinajstić information content (AvgIpc) is 2.66. The number of primary amides is 1. The van der Waals surface area contributed by atoms with Crippen molar-refractivity contribution in [3.63, 3.8) is 0 Å². The van der Waals surface area contributed by atoms with Gasteiger partial charge in [-0.15, -0.1) is 0 Å². The summed E-state index contributed by atoms with van der Waals surface area (Å²) in [4.78, 5) is 29.0. The number of amides is 1. The zero-order valence-electron chi connectivity index (χ0n) is 15.1. The molecular weight excluding hydrogens is 382 g/mol. The summed E-state index contributed by atoms with van der Waals surface area (Å²) in [6.07, 6.45) is 1.04. The van der Waals surface area contributed by atoms with Gasteiger partial charge in [0.25, 0.3) is 5.56 Å². The van der Waals surface area contributed by atoms with Crippen LogP contribution in [0.3, 0.4) is 0 Å². The first kappa shape index (κ1) is 19.5. The lowest BCUT2D eigenvalue weighted by molar-refractivity contribution is -0.115. The third kappa shape index (κ3) is 4.17. The number of carbonyl (C=O) groups excluding carboxylic acids is 1. The minimum Gasteiger partial charge on any atom is -0.369 e. The number of hydrogen-bond acceptors (Lipinski definition) is 4. The van der Waals surface area contributed by atoms with Crippen LogP contribution < -0.4 is 11.3 Å². The molecule has 27 heavy (non-hydrogen) atoms. The van der Waals surface area contributed by atoms with Gasteiger partial charge in [-0.3, -0.25) is 14.2 Å². The summed E-state index contributed by atoms with van der Waals surface area (Å²) in [7, 11) is 0. The Bertz CT molecular complexity index is 1050. The normalized spacial score (nSPS) is 12.3. The SMILES string of the molecule is CC[C@H](C)c1ccc(-n2c(SCC(N)=O)nc3ccc(Cl)cc3c2=O)cc1. The van der Waals surface area contributed by atoms with Crippen molar-refractivity contribution in [3.8, 4) is 5.69 Å². The van der Waals surface area contributed by atoms with Crippen molar-refractivity contribution in [2.45, 2.75) is 31.3 Å². The molecular formula is C20H20ClN3O2S. The van der Waals surface area contributed by atoms with E-state index in [9.17, 15) is 9.59 Å². The number of aromatic nitrogens is 2. The number of thioether (sulfide) groups is 1. The first-order valence-electron chi connectivity index (χ1n) is 8.64. The highest BCUT2D eigenvalue weighted by Gasteiger charge is 2.15. The van der Waals surface area contributed by atoms with E-state index in [1.54, 1.807) is 18.2 Å². The van der Waals surface area contributed by atoms with E-state index in [0.29, 0.717) is 32.7 Å². The van der Waals surface area contributed by atoms with Gasteiger partial charge in [0.15, 0.2) is 5.16 Å². The first-order valence-corrected chi connectivity index (χ1v) is 10.0. The maximum atomic E-state index is 13.2. The molecule has 0 bridgehead atoms. The van der Waals surface area contributed by atoms with Crippen molar-refractivity contribution in [3.05, 3.63) is 63.4 Å². The summed E-state index contributed by atoms with van der Waals surface area (Å²) in [5.41, 5.74) is 7.47. The van der Waals surface area contributed by atoms with Gasteiger partial charge in [0.1, 0.15) is 0 Å². The van der Waals surface area contributed by atoms with Crippen molar-refractivity contribution < 1.29 is 4.79 Å². The van der Waals surface area contributed by atoms with Gasteiger partial charge in [-0.1, -0.05) is 49.3 Å². The van der Waals surface area contributed by atoms with Crippen LogP contribution in [0.4, 0.5) is 0 Å². The van der Waals surface area contributed by atoms with E-state index < -0.39 is 5.91 Å². The van der Waals surface area contributed by atoms with E-state index in [4.69, 9.17) is 17.3 Å². The quantitative estimate of drug-likeness (QED) is 0.497. The fourth-order valence-corrected chi connectivity index (χ4v) is 3.71. The highest BCUT2D eigenvalue weighted by molar-refractivity contribution is 7.99. The number of rotatable bonds is 6. The lowest BCUT2D eigenvalue weighted by Gasteiger charge is -2.14. The molecule has 2 aromatic carbocycles. The lowest BCUT2D eigenvalue weighted by atomic mass is 9.98. The number of benzene rings is 2. The van der Waals surface area contributed by atoms with E-state index in [1.165, 1.54) is 10.1 Å². The number of halogens is 1. The molecule has 0 spiro atoms. The van der Waals surface area contributed by atoms with Gasteiger partial charge >= 0.3 is 0 Å². The van der Waals surface area contributed by atoms with Crippen LogP contribution in [0.15, 0.2) is 52.4 Å². The first-order chi connectivity index (χ1) is 12.9. The topological polar surface area (TPSA) is 78.0 Å². The molecule has 0 saturated carbocycles. The minimum absolute atomic E-state index is 0.0382. The van der Waals surface area contributed by atoms with E-state index >= 15 is 0 Å². The Morgan fingerprint density at radius 3 is 2.59 bits per heavy atom. The molecule has 7 heteroatoms. The van der Waals surface area contributed by atoms with Crippen molar-refractivity contribution in [2.24, 2.45) is 5.73 Å². The molecule has 5 nitrogen and oxygen atoms in total. The maximum Gasteiger partial charge on any atom is 0.266 e. The fourth-order valence-electron chi connectivity index (χ4n) is 2.79. The van der Waals surface area contributed by atoms with Crippen molar-refractivity contribution in [1.29, 1.82) is 0 Å². The second kappa shape index (κ2) is 8.15. The monoisotopic (exact) mass is 401 g/mol. The maximum absolute atomic E-state index is 13.2. The predicted molar refractivity (Wildman–Crippen MR) is 111 cm³/mol. The number of hydrogen-bond donors (Lipinski definition) is 1. The largest absolute Gasteiger partial charge is 0.369 e. The second-order valence-corrected chi connectivity index (χ2v) is 7.73. The van der Waals surface area contributed by atoms with Crippen molar-refractivity contribution in [1.82, 2.24) is 9.55 Å². The molecule has 2 N–H and O–H groups in total. The summed E-state index contributed by atoms with van der Waals surface area (Å²) >= 11 is 7.20. The third-order valence-corrected chi connectivity index (χ3v) is 5.67. The second-order valence-electron chi connectivity index (χ2n) is 6.35. The summed E-state index contributed by atoms with van der Waals surface area (Å²) in [5, 5.41) is 1.32. The minimum atomic E-state index is -0.468. The van der Waals surface area contributed by atoms with Crippen LogP contribution in [0.25, 0.3) is 16.6 Å². The zero-order valence-corrected chi connectivity index (χ0v) is 16.7. The van der Waals surface area contributed by atoms with Crippen LogP contribution in [0.5, 0.6) is 0 Å². The molecule has 140 valence electrons. The Hall–Kier alpha value is -2.31. The molecule has 3 rings (SSSR count). The van der Waals surface area contributed by atoms with Gasteiger partial charge < -0.3 is 5.73 Å². The zero-order chi connectivity index (χ0) is 19.6. The number of nitrogens with two attached hydrogens (primary N) is 1. The standard InChI is InChI=1S/C20H20ClN3O2S/c1-3-12(2)13-4-7-15(8-5-13)24-19(26)16-10-14(21)6-9-17(16)23-20(24)27-11-18(22)25/h4-10,12H,3,11H2,1-2H3,(H2,22,25)/t12-/m0/s1. The van der Waals surface area contributed by atoms with Gasteiger partial charge in [0, 0.05) is 5.02 Å². The molecule has 0 aliphatic carbocycles. The molecule has 0 saturated heterocycles. The van der Waals surface area contributed by atoms with Crippen LogP contribution in [-0.4, -0.2) is 21.2 Å². The van der Waals surface area contributed by atoms with E-state index in [0.717, 1.165) is 18.2 Å². The predicted octanol–water partition coefficient (Wildman–Crippen LogP) is 4.13. The Balaban J connectivity index is 2.18. The summed E-state index contributed by atoms with van der Waals surface area (Å²) in [6, 6.07) is 12.8. The smallest absolute Gasteiger partial charge is 0.266 e. The lowest BCUT2D eigenvalue weighted by Crippen LogP contribution is -2.23. The fraction of sp³-hybridized carbons (Fsp3) is 0.250. The third-order valence-electron chi connectivity index (χ3n) is 4.48. The number of carbonyl (C=O) groups is 1. The summed E-state index contributed by atoms with van der Waals surface area (Å²) < 4.78 is 1.51. The molecule has 1 atom stereocenters. The van der Waals surface area contributed by atoms with Crippen LogP contribution in [-0.2, 0) is 4.79 Å². The van der Waals surface area contributed by atoms with Gasteiger partial charge in [-0.25, -0.2) is 4.98 Å². The number of nitrogens with zero attached hydrogens (tertiary/aromatic N) is 2. The van der Waals surface area contributed by atoms with E-state index in [2.05, 4.69) is 18.8 Å². The molecule has 1 aromatic heterocycles. The van der Waals surface area contributed by atoms with Crippen LogP contribution in [0, 0.1) is 0 Å². The van der Waals surface area contributed by atoms with Crippen LogP contribution >= 0.6 is 23.4 Å². The molecule has 0 radical (unpaired) electrons. The Kier molecular flexibility index (Phi) is 5.87. The van der Waals surface area contributed by atoms with E-state index in [-0.39, 0.29) is 11.3 Å². The average molecular weight is 402 g/mol. The Morgan fingerprint density at radius 2 is 1.96 bits per heavy atom. The number of fused-ring (bicyclic) bond motifs is 1. The van der Waals surface area contributed by atoms with Crippen LogP contribution in [0.1, 0.15) is 31.7 Å².